The van der Waals surface area contributed by atoms with E-state index in [0.29, 0.717) is 0 Å². The second-order valence-electron chi connectivity index (χ2n) is 8.39. The summed E-state index contributed by atoms with van der Waals surface area (Å²) < 4.78 is 0. The Bertz CT molecular complexity index is 1590. The summed E-state index contributed by atoms with van der Waals surface area (Å²) in [4.78, 5) is 12.0. The Morgan fingerprint density at radius 1 is 0.457 bits per heavy atom. The molecule has 0 aliphatic heterocycles. The largest absolute Gasteiger partial charge is 0.295 e. The van der Waals surface area contributed by atoms with Crippen LogP contribution in [0.1, 0.15) is 0 Å². The zero-order chi connectivity index (χ0) is 23.5. The first-order valence-electron chi connectivity index (χ1n) is 11.7. The van der Waals surface area contributed by atoms with Gasteiger partial charge in [0, 0.05) is 34.1 Å². The highest BCUT2D eigenvalue weighted by atomic mass is 15.2. The van der Waals surface area contributed by atoms with E-state index in [1.54, 1.807) is 0 Å². The molecule has 0 bridgehead atoms. The van der Waals surface area contributed by atoms with Gasteiger partial charge in [-0.1, -0.05) is 91.0 Å². The standard InChI is InChI=1S/C32H23N3/c1-3-11-24(12-4-1)30-19-10-20-32(34-30)35(28-16-5-2-6-17-28)29-18-9-15-26(21-29)31-22-25-13-7-8-14-27(25)23-33-31/h1-23H. The minimum absolute atomic E-state index is 0.862. The van der Waals surface area contributed by atoms with Crippen LogP contribution in [0, 0.1) is 0 Å². The van der Waals surface area contributed by atoms with Gasteiger partial charge in [0.2, 0.25) is 0 Å². The Hall–Kier alpha value is -4.76. The molecule has 0 aliphatic rings. The van der Waals surface area contributed by atoms with Gasteiger partial charge in [-0.15, -0.1) is 0 Å². The maximum Gasteiger partial charge on any atom is 0.138 e. The fraction of sp³-hybridized carbons (Fsp3) is 0. The molecule has 0 atom stereocenters. The minimum atomic E-state index is 0.862. The van der Waals surface area contributed by atoms with Crippen LogP contribution < -0.4 is 4.90 Å². The number of pyridine rings is 2. The molecule has 0 amide bonds. The molecule has 3 heteroatoms. The van der Waals surface area contributed by atoms with Crippen molar-refractivity contribution in [3.8, 4) is 22.5 Å². The van der Waals surface area contributed by atoms with Crippen LogP contribution in [-0.2, 0) is 0 Å². The SMILES string of the molecule is c1ccc(-c2cccc(N(c3ccccc3)c3cccc(-c4cc5ccccc5cn4)c3)n2)cc1. The molecule has 0 N–H and O–H groups in total. The van der Waals surface area contributed by atoms with Crippen LogP contribution in [0.4, 0.5) is 17.2 Å². The summed E-state index contributed by atoms with van der Waals surface area (Å²) in [6.07, 6.45) is 1.94. The monoisotopic (exact) mass is 449 g/mol. The number of rotatable bonds is 5. The Morgan fingerprint density at radius 2 is 1.11 bits per heavy atom. The van der Waals surface area contributed by atoms with Gasteiger partial charge >= 0.3 is 0 Å². The molecule has 166 valence electrons. The van der Waals surface area contributed by atoms with Crippen molar-refractivity contribution in [3.63, 3.8) is 0 Å². The molecule has 6 rings (SSSR count). The summed E-state index contributed by atoms with van der Waals surface area (Å²) in [6, 6.07) is 45.8. The maximum atomic E-state index is 5.05. The van der Waals surface area contributed by atoms with Gasteiger partial charge in [0.25, 0.3) is 0 Å². The van der Waals surface area contributed by atoms with Gasteiger partial charge in [-0.25, -0.2) is 4.98 Å². The minimum Gasteiger partial charge on any atom is -0.295 e. The van der Waals surface area contributed by atoms with Crippen LogP contribution in [0.3, 0.4) is 0 Å². The van der Waals surface area contributed by atoms with Crippen LogP contribution in [0.15, 0.2) is 140 Å². The second kappa shape index (κ2) is 9.24. The average molecular weight is 450 g/mol. The highest BCUT2D eigenvalue weighted by Crippen LogP contribution is 2.36. The summed E-state index contributed by atoms with van der Waals surface area (Å²) in [5.74, 6) is 0.862. The van der Waals surface area contributed by atoms with Crippen molar-refractivity contribution < 1.29 is 0 Å². The van der Waals surface area contributed by atoms with E-state index >= 15 is 0 Å². The first-order valence-corrected chi connectivity index (χ1v) is 11.7. The molecule has 6 aromatic rings. The van der Waals surface area contributed by atoms with Crippen molar-refractivity contribution in [2.24, 2.45) is 0 Å². The van der Waals surface area contributed by atoms with E-state index in [1.165, 1.54) is 5.39 Å². The Balaban J connectivity index is 1.47. The van der Waals surface area contributed by atoms with Gasteiger partial charge < -0.3 is 0 Å². The lowest BCUT2D eigenvalue weighted by Gasteiger charge is -2.25. The van der Waals surface area contributed by atoms with E-state index in [0.717, 1.165) is 45.1 Å². The number of para-hydroxylation sites is 1. The third kappa shape index (κ3) is 4.28. The van der Waals surface area contributed by atoms with Gasteiger partial charge in [0.15, 0.2) is 0 Å². The predicted octanol–water partition coefficient (Wildman–Crippen LogP) is 8.43. The fourth-order valence-corrected chi connectivity index (χ4v) is 4.35. The Morgan fingerprint density at radius 3 is 1.94 bits per heavy atom. The molecule has 4 aromatic carbocycles. The molecule has 0 saturated heterocycles. The van der Waals surface area contributed by atoms with Gasteiger partial charge in [-0.3, -0.25) is 9.88 Å². The summed E-state index contributed by atoms with van der Waals surface area (Å²) in [6.45, 7) is 0. The highest BCUT2D eigenvalue weighted by molar-refractivity contribution is 5.86. The number of anilines is 3. The molecule has 3 nitrogen and oxygen atoms in total. The maximum absolute atomic E-state index is 5.05. The number of aromatic nitrogens is 2. The lowest BCUT2D eigenvalue weighted by atomic mass is 10.1. The lowest BCUT2D eigenvalue weighted by Crippen LogP contribution is -2.11. The number of hydrogen-bond acceptors (Lipinski definition) is 3. The number of fused-ring (bicyclic) bond motifs is 1. The van der Waals surface area contributed by atoms with E-state index in [2.05, 4.69) is 108 Å². The molecule has 0 unspecified atom stereocenters. The van der Waals surface area contributed by atoms with Crippen molar-refractivity contribution in [1.82, 2.24) is 9.97 Å². The van der Waals surface area contributed by atoms with Crippen molar-refractivity contribution in [2.45, 2.75) is 0 Å². The van der Waals surface area contributed by atoms with Gasteiger partial charge in [0.1, 0.15) is 5.82 Å². The number of nitrogens with zero attached hydrogens (tertiary/aromatic N) is 3. The molecule has 2 aromatic heterocycles. The van der Waals surface area contributed by atoms with Crippen LogP contribution in [0.2, 0.25) is 0 Å². The third-order valence-electron chi connectivity index (χ3n) is 6.08. The van der Waals surface area contributed by atoms with Crippen molar-refractivity contribution in [3.05, 3.63) is 140 Å². The average Bonchev–Trinajstić information content (AvgIpc) is 2.94. The Kier molecular flexibility index (Phi) is 5.50. The molecular weight excluding hydrogens is 426 g/mol. The quantitative estimate of drug-likeness (QED) is 0.264. The third-order valence-corrected chi connectivity index (χ3v) is 6.08. The first-order chi connectivity index (χ1) is 17.3. The van der Waals surface area contributed by atoms with Crippen molar-refractivity contribution >= 4 is 28.0 Å². The van der Waals surface area contributed by atoms with Gasteiger partial charge in [-0.2, -0.15) is 0 Å². The topological polar surface area (TPSA) is 29.0 Å². The predicted molar refractivity (Wildman–Crippen MR) is 145 cm³/mol. The van der Waals surface area contributed by atoms with E-state index < -0.39 is 0 Å². The smallest absolute Gasteiger partial charge is 0.138 e. The zero-order valence-corrected chi connectivity index (χ0v) is 19.1. The lowest BCUT2D eigenvalue weighted by molar-refractivity contribution is 1.18. The zero-order valence-electron chi connectivity index (χ0n) is 19.1. The van der Waals surface area contributed by atoms with Crippen molar-refractivity contribution in [1.29, 1.82) is 0 Å². The molecule has 0 saturated carbocycles. The highest BCUT2D eigenvalue weighted by Gasteiger charge is 2.15. The van der Waals surface area contributed by atoms with E-state index in [4.69, 9.17) is 9.97 Å². The van der Waals surface area contributed by atoms with E-state index in [1.807, 2.05) is 36.5 Å². The summed E-state index contributed by atoms with van der Waals surface area (Å²) in [5.41, 5.74) is 6.13. The molecule has 0 radical (unpaired) electrons. The van der Waals surface area contributed by atoms with Crippen molar-refractivity contribution in [2.75, 3.05) is 4.90 Å². The van der Waals surface area contributed by atoms with E-state index in [9.17, 15) is 0 Å². The molecule has 0 spiro atoms. The molecular formula is C32H23N3. The molecule has 0 fully saturated rings. The normalized spacial score (nSPS) is 10.9. The van der Waals surface area contributed by atoms with Crippen LogP contribution in [0.5, 0.6) is 0 Å². The summed E-state index contributed by atoms with van der Waals surface area (Å²) in [5, 5.41) is 2.32. The second-order valence-corrected chi connectivity index (χ2v) is 8.39. The summed E-state index contributed by atoms with van der Waals surface area (Å²) in [7, 11) is 0. The summed E-state index contributed by atoms with van der Waals surface area (Å²) >= 11 is 0. The fourth-order valence-electron chi connectivity index (χ4n) is 4.35. The molecule has 2 heterocycles. The van der Waals surface area contributed by atoms with E-state index in [-0.39, 0.29) is 0 Å². The van der Waals surface area contributed by atoms with Crippen LogP contribution in [0.25, 0.3) is 33.3 Å². The first kappa shape index (κ1) is 20.8. The number of hydrogen-bond donors (Lipinski definition) is 0. The van der Waals surface area contributed by atoms with Gasteiger partial charge in [-0.05, 0) is 47.9 Å². The Labute approximate surface area is 205 Å². The van der Waals surface area contributed by atoms with Crippen LogP contribution in [-0.4, -0.2) is 9.97 Å². The van der Waals surface area contributed by atoms with Crippen LogP contribution >= 0.6 is 0 Å². The van der Waals surface area contributed by atoms with Gasteiger partial charge in [0.05, 0.1) is 11.4 Å². The molecule has 35 heavy (non-hydrogen) atoms. The number of benzene rings is 4. The molecule has 0 aliphatic carbocycles.